The van der Waals surface area contributed by atoms with Crippen LogP contribution in [0.4, 0.5) is 0 Å². The SMILES string of the molecule is NCCN1CCOC(Cc2ccccc2)C1. The zero-order valence-corrected chi connectivity index (χ0v) is 9.64. The van der Waals surface area contributed by atoms with Crippen LogP contribution in [0.2, 0.25) is 0 Å². The molecule has 1 unspecified atom stereocenters. The summed E-state index contributed by atoms with van der Waals surface area (Å²) in [5.41, 5.74) is 6.92. The molecule has 1 aliphatic heterocycles. The van der Waals surface area contributed by atoms with E-state index in [0.717, 1.165) is 39.2 Å². The van der Waals surface area contributed by atoms with E-state index in [2.05, 4.69) is 29.2 Å². The minimum Gasteiger partial charge on any atom is -0.375 e. The van der Waals surface area contributed by atoms with Crippen molar-refractivity contribution in [3.63, 3.8) is 0 Å². The average Bonchev–Trinajstić information content (AvgIpc) is 2.31. The van der Waals surface area contributed by atoms with Crippen LogP contribution in [0.15, 0.2) is 30.3 Å². The minimum absolute atomic E-state index is 0.322. The van der Waals surface area contributed by atoms with Gasteiger partial charge in [-0.3, -0.25) is 4.90 Å². The third-order valence-corrected chi connectivity index (χ3v) is 2.97. The van der Waals surface area contributed by atoms with E-state index in [1.165, 1.54) is 5.56 Å². The maximum atomic E-state index is 5.78. The molecule has 3 nitrogen and oxygen atoms in total. The Morgan fingerprint density at radius 2 is 2.12 bits per heavy atom. The van der Waals surface area contributed by atoms with Gasteiger partial charge in [-0.1, -0.05) is 30.3 Å². The molecule has 1 fully saturated rings. The topological polar surface area (TPSA) is 38.5 Å². The van der Waals surface area contributed by atoms with Gasteiger partial charge in [0.15, 0.2) is 0 Å². The molecule has 1 aromatic rings. The lowest BCUT2D eigenvalue weighted by Gasteiger charge is -2.32. The lowest BCUT2D eigenvalue weighted by Crippen LogP contribution is -2.45. The van der Waals surface area contributed by atoms with Crippen LogP contribution in [0, 0.1) is 0 Å². The second-order valence-electron chi connectivity index (χ2n) is 4.27. The maximum Gasteiger partial charge on any atom is 0.0742 e. The third kappa shape index (κ3) is 3.30. The molecular weight excluding hydrogens is 200 g/mol. The number of ether oxygens (including phenoxy) is 1. The molecule has 0 saturated carbocycles. The third-order valence-electron chi connectivity index (χ3n) is 2.97. The van der Waals surface area contributed by atoms with Crippen molar-refractivity contribution in [2.24, 2.45) is 5.73 Å². The van der Waals surface area contributed by atoms with Crippen molar-refractivity contribution in [1.29, 1.82) is 0 Å². The maximum absolute atomic E-state index is 5.78. The highest BCUT2D eigenvalue weighted by molar-refractivity contribution is 5.15. The molecule has 0 aliphatic carbocycles. The molecule has 0 bridgehead atoms. The molecule has 88 valence electrons. The van der Waals surface area contributed by atoms with Crippen molar-refractivity contribution in [1.82, 2.24) is 4.90 Å². The number of hydrogen-bond donors (Lipinski definition) is 1. The molecule has 0 spiro atoms. The summed E-state index contributed by atoms with van der Waals surface area (Å²) >= 11 is 0. The molecule has 0 aromatic heterocycles. The number of hydrogen-bond acceptors (Lipinski definition) is 3. The number of benzene rings is 1. The first-order valence-electron chi connectivity index (χ1n) is 5.96. The Bertz CT molecular complexity index is 300. The molecule has 1 saturated heterocycles. The minimum atomic E-state index is 0.322. The van der Waals surface area contributed by atoms with Crippen molar-refractivity contribution in [3.8, 4) is 0 Å². The van der Waals surface area contributed by atoms with Gasteiger partial charge in [-0.15, -0.1) is 0 Å². The van der Waals surface area contributed by atoms with Gasteiger partial charge in [0.2, 0.25) is 0 Å². The van der Waals surface area contributed by atoms with Crippen LogP contribution < -0.4 is 5.73 Å². The summed E-state index contributed by atoms with van der Waals surface area (Å²) in [5.74, 6) is 0. The van der Waals surface area contributed by atoms with E-state index in [4.69, 9.17) is 10.5 Å². The van der Waals surface area contributed by atoms with Crippen LogP contribution in [-0.2, 0) is 11.2 Å². The zero-order valence-electron chi connectivity index (χ0n) is 9.64. The first-order chi connectivity index (χ1) is 7.88. The summed E-state index contributed by atoms with van der Waals surface area (Å²) in [6.07, 6.45) is 1.32. The molecule has 0 radical (unpaired) electrons. The van der Waals surface area contributed by atoms with Gasteiger partial charge in [-0.2, -0.15) is 0 Å². The molecule has 3 heteroatoms. The number of morpholine rings is 1. The average molecular weight is 220 g/mol. The van der Waals surface area contributed by atoms with E-state index < -0.39 is 0 Å². The van der Waals surface area contributed by atoms with Gasteiger partial charge in [0.25, 0.3) is 0 Å². The molecule has 1 aromatic carbocycles. The fraction of sp³-hybridized carbons (Fsp3) is 0.538. The normalized spacial score (nSPS) is 22.2. The van der Waals surface area contributed by atoms with Crippen molar-refractivity contribution in [2.45, 2.75) is 12.5 Å². The second-order valence-corrected chi connectivity index (χ2v) is 4.27. The summed E-state index contributed by atoms with van der Waals surface area (Å²) < 4.78 is 5.78. The summed E-state index contributed by atoms with van der Waals surface area (Å²) in [5, 5.41) is 0. The van der Waals surface area contributed by atoms with Crippen LogP contribution >= 0.6 is 0 Å². The van der Waals surface area contributed by atoms with Gasteiger partial charge >= 0.3 is 0 Å². The summed E-state index contributed by atoms with van der Waals surface area (Å²) in [7, 11) is 0. The monoisotopic (exact) mass is 220 g/mol. The highest BCUT2D eigenvalue weighted by atomic mass is 16.5. The van der Waals surface area contributed by atoms with Crippen LogP contribution in [-0.4, -0.2) is 43.8 Å². The molecule has 16 heavy (non-hydrogen) atoms. The van der Waals surface area contributed by atoms with E-state index in [1.54, 1.807) is 0 Å². The van der Waals surface area contributed by atoms with Gasteiger partial charge in [0, 0.05) is 26.2 Å². The van der Waals surface area contributed by atoms with Gasteiger partial charge in [-0.25, -0.2) is 0 Å². The molecule has 1 atom stereocenters. The fourth-order valence-corrected chi connectivity index (χ4v) is 2.17. The Hall–Kier alpha value is -0.900. The highest BCUT2D eigenvalue weighted by Crippen LogP contribution is 2.11. The summed E-state index contributed by atoms with van der Waals surface area (Å²) in [6, 6.07) is 10.5. The first kappa shape index (κ1) is 11.6. The Balaban J connectivity index is 1.85. The van der Waals surface area contributed by atoms with E-state index in [0.29, 0.717) is 6.10 Å². The second kappa shape index (κ2) is 5.99. The predicted octanol–water partition coefficient (Wildman–Crippen LogP) is 0.889. The van der Waals surface area contributed by atoms with E-state index >= 15 is 0 Å². The van der Waals surface area contributed by atoms with Crippen molar-refractivity contribution >= 4 is 0 Å². The van der Waals surface area contributed by atoms with Gasteiger partial charge < -0.3 is 10.5 Å². The quantitative estimate of drug-likeness (QED) is 0.819. The van der Waals surface area contributed by atoms with Crippen molar-refractivity contribution in [2.75, 3.05) is 32.8 Å². The van der Waals surface area contributed by atoms with Crippen molar-refractivity contribution in [3.05, 3.63) is 35.9 Å². The number of nitrogens with zero attached hydrogens (tertiary/aromatic N) is 1. The summed E-state index contributed by atoms with van der Waals surface area (Å²) in [6.45, 7) is 4.57. The largest absolute Gasteiger partial charge is 0.375 e. The molecule has 2 N–H and O–H groups in total. The molecule has 1 aliphatic rings. The van der Waals surface area contributed by atoms with E-state index in [9.17, 15) is 0 Å². The molecular formula is C13H20N2O. The van der Waals surface area contributed by atoms with Crippen LogP contribution in [0.1, 0.15) is 5.56 Å². The van der Waals surface area contributed by atoms with Gasteiger partial charge in [-0.05, 0) is 12.0 Å². The fourth-order valence-electron chi connectivity index (χ4n) is 2.17. The zero-order chi connectivity index (χ0) is 11.2. The Kier molecular flexibility index (Phi) is 4.34. The first-order valence-corrected chi connectivity index (χ1v) is 5.96. The van der Waals surface area contributed by atoms with Gasteiger partial charge in [0.05, 0.1) is 12.7 Å². The van der Waals surface area contributed by atoms with Gasteiger partial charge in [0.1, 0.15) is 0 Å². The Morgan fingerprint density at radius 3 is 2.88 bits per heavy atom. The molecule has 1 heterocycles. The van der Waals surface area contributed by atoms with Crippen molar-refractivity contribution < 1.29 is 4.74 Å². The Morgan fingerprint density at radius 1 is 1.31 bits per heavy atom. The lowest BCUT2D eigenvalue weighted by atomic mass is 10.1. The van der Waals surface area contributed by atoms with E-state index in [1.807, 2.05) is 6.07 Å². The smallest absolute Gasteiger partial charge is 0.0742 e. The highest BCUT2D eigenvalue weighted by Gasteiger charge is 2.19. The molecule has 2 rings (SSSR count). The number of rotatable bonds is 4. The lowest BCUT2D eigenvalue weighted by molar-refractivity contribution is -0.0264. The predicted molar refractivity (Wildman–Crippen MR) is 65.4 cm³/mol. The summed E-state index contributed by atoms with van der Waals surface area (Å²) in [4.78, 5) is 2.39. The van der Waals surface area contributed by atoms with Crippen LogP contribution in [0.25, 0.3) is 0 Å². The van der Waals surface area contributed by atoms with Crippen LogP contribution in [0.5, 0.6) is 0 Å². The molecule has 0 amide bonds. The Labute approximate surface area is 97.2 Å². The van der Waals surface area contributed by atoms with Crippen LogP contribution in [0.3, 0.4) is 0 Å². The van der Waals surface area contributed by atoms with E-state index in [-0.39, 0.29) is 0 Å². The number of nitrogens with two attached hydrogens (primary N) is 1. The standard InChI is InChI=1S/C13H20N2O/c14-6-7-15-8-9-16-13(11-15)10-12-4-2-1-3-5-12/h1-5,13H,6-11,14H2.